The lowest BCUT2D eigenvalue weighted by Crippen LogP contribution is -2.13. The molecular formula is C13H16O3. The van der Waals surface area contributed by atoms with Gasteiger partial charge in [-0.2, -0.15) is 0 Å². The molecule has 1 heterocycles. The average Bonchev–Trinajstić information content (AvgIpc) is 2.34. The van der Waals surface area contributed by atoms with Crippen LogP contribution in [-0.4, -0.2) is 18.3 Å². The van der Waals surface area contributed by atoms with Crippen LogP contribution in [0.25, 0.3) is 0 Å². The third-order valence-corrected chi connectivity index (χ3v) is 2.44. The number of rotatable bonds is 4. The van der Waals surface area contributed by atoms with Crippen LogP contribution in [0.15, 0.2) is 36.1 Å². The number of para-hydroxylation sites is 2. The number of aliphatic hydroxyl groups is 1. The molecule has 2 rings (SSSR count). The fraction of sp³-hybridized carbons (Fsp3) is 0.385. The topological polar surface area (TPSA) is 38.7 Å². The fourth-order valence-corrected chi connectivity index (χ4v) is 1.59. The van der Waals surface area contributed by atoms with Crippen molar-refractivity contribution in [1.82, 2.24) is 0 Å². The SMILES string of the molecule is OCCCC/C=C1/COc2ccccc2O1. The molecule has 16 heavy (non-hydrogen) atoms. The van der Waals surface area contributed by atoms with Crippen molar-refractivity contribution >= 4 is 0 Å². The first kappa shape index (κ1) is 11.0. The van der Waals surface area contributed by atoms with Crippen LogP contribution >= 0.6 is 0 Å². The van der Waals surface area contributed by atoms with Crippen molar-refractivity contribution in [1.29, 1.82) is 0 Å². The van der Waals surface area contributed by atoms with E-state index in [1.165, 1.54) is 0 Å². The first-order valence-corrected chi connectivity index (χ1v) is 5.60. The minimum atomic E-state index is 0.253. The van der Waals surface area contributed by atoms with Gasteiger partial charge >= 0.3 is 0 Å². The van der Waals surface area contributed by atoms with Gasteiger partial charge in [0, 0.05) is 6.61 Å². The highest BCUT2D eigenvalue weighted by Crippen LogP contribution is 2.32. The molecule has 0 fully saturated rings. The van der Waals surface area contributed by atoms with E-state index in [0.29, 0.717) is 6.61 Å². The minimum absolute atomic E-state index is 0.253. The maximum absolute atomic E-state index is 8.66. The Labute approximate surface area is 95.3 Å². The van der Waals surface area contributed by atoms with Gasteiger partial charge in [0.1, 0.15) is 12.4 Å². The zero-order chi connectivity index (χ0) is 11.2. The fourth-order valence-electron chi connectivity index (χ4n) is 1.59. The number of aliphatic hydroxyl groups excluding tert-OH is 1. The second-order valence-electron chi connectivity index (χ2n) is 3.73. The van der Waals surface area contributed by atoms with Gasteiger partial charge in [0.2, 0.25) is 0 Å². The number of fused-ring (bicyclic) bond motifs is 1. The summed E-state index contributed by atoms with van der Waals surface area (Å²) in [5, 5.41) is 8.66. The predicted molar refractivity (Wildman–Crippen MR) is 61.6 cm³/mol. The lowest BCUT2D eigenvalue weighted by atomic mass is 10.2. The van der Waals surface area contributed by atoms with Gasteiger partial charge in [0.15, 0.2) is 11.5 Å². The van der Waals surface area contributed by atoms with Crippen molar-refractivity contribution in [2.24, 2.45) is 0 Å². The largest absolute Gasteiger partial charge is 0.482 e. The van der Waals surface area contributed by atoms with Crippen molar-refractivity contribution in [3.63, 3.8) is 0 Å². The van der Waals surface area contributed by atoms with E-state index in [-0.39, 0.29) is 6.61 Å². The summed E-state index contributed by atoms with van der Waals surface area (Å²) in [6.45, 7) is 0.750. The highest BCUT2D eigenvalue weighted by Gasteiger charge is 2.13. The maximum Gasteiger partial charge on any atom is 0.168 e. The summed E-state index contributed by atoms with van der Waals surface area (Å²) < 4.78 is 11.2. The van der Waals surface area contributed by atoms with E-state index >= 15 is 0 Å². The molecule has 1 aliphatic rings. The van der Waals surface area contributed by atoms with Crippen molar-refractivity contribution in [3.05, 3.63) is 36.1 Å². The molecule has 0 atom stereocenters. The van der Waals surface area contributed by atoms with Crippen LogP contribution in [0.2, 0.25) is 0 Å². The van der Waals surface area contributed by atoms with Crippen molar-refractivity contribution in [2.45, 2.75) is 19.3 Å². The summed E-state index contributed by atoms with van der Waals surface area (Å²) in [6.07, 6.45) is 4.76. The highest BCUT2D eigenvalue weighted by atomic mass is 16.6. The average molecular weight is 220 g/mol. The van der Waals surface area contributed by atoms with Gasteiger partial charge in [0.25, 0.3) is 0 Å². The van der Waals surface area contributed by atoms with Gasteiger partial charge in [-0.05, 0) is 37.5 Å². The summed E-state index contributed by atoms with van der Waals surface area (Å²) in [5.74, 6) is 2.44. The van der Waals surface area contributed by atoms with E-state index in [1.807, 2.05) is 30.3 Å². The molecule has 1 aromatic carbocycles. The molecule has 0 unspecified atom stereocenters. The van der Waals surface area contributed by atoms with Crippen LogP contribution < -0.4 is 9.47 Å². The standard InChI is InChI=1S/C13H16O3/c14-9-5-1-2-6-11-10-15-12-7-3-4-8-13(12)16-11/h3-4,6-8,14H,1-2,5,9-10H2/b11-6-. The minimum Gasteiger partial charge on any atom is -0.482 e. The molecular weight excluding hydrogens is 204 g/mol. The highest BCUT2D eigenvalue weighted by molar-refractivity contribution is 5.42. The summed E-state index contributed by atoms with van der Waals surface area (Å²) in [5.41, 5.74) is 0. The Morgan fingerprint density at radius 3 is 2.81 bits per heavy atom. The van der Waals surface area contributed by atoms with Gasteiger partial charge < -0.3 is 14.6 Å². The normalized spacial score (nSPS) is 16.4. The van der Waals surface area contributed by atoms with Crippen molar-refractivity contribution in [3.8, 4) is 11.5 Å². The second kappa shape index (κ2) is 5.56. The second-order valence-corrected chi connectivity index (χ2v) is 3.73. The van der Waals surface area contributed by atoms with Crippen molar-refractivity contribution < 1.29 is 14.6 Å². The van der Waals surface area contributed by atoms with E-state index in [1.54, 1.807) is 0 Å². The lowest BCUT2D eigenvalue weighted by Gasteiger charge is -2.20. The Kier molecular flexibility index (Phi) is 3.83. The Hall–Kier alpha value is -1.48. The van der Waals surface area contributed by atoms with E-state index in [2.05, 4.69) is 0 Å². The Morgan fingerprint density at radius 1 is 1.19 bits per heavy atom. The summed E-state index contributed by atoms with van der Waals surface area (Å²) >= 11 is 0. The molecule has 3 heteroatoms. The van der Waals surface area contributed by atoms with E-state index in [4.69, 9.17) is 14.6 Å². The quantitative estimate of drug-likeness (QED) is 0.792. The van der Waals surface area contributed by atoms with E-state index in [9.17, 15) is 0 Å². The summed E-state index contributed by atoms with van der Waals surface area (Å²) in [6, 6.07) is 7.66. The van der Waals surface area contributed by atoms with Crippen LogP contribution in [0, 0.1) is 0 Å². The Bertz CT molecular complexity index is 371. The lowest BCUT2D eigenvalue weighted by molar-refractivity contribution is 0.230. The van der Waals surface area contributed by atoms with E-state index < -0.39 is 0 Å². The van der Waals surface area contributed by atoms with Gasteiger partial charge in [-0.3, -0.25) is 0 Å². The van der Waals surface area contributed by atoms with E-state index in [0.717, 1.165) is 36.5 Å². The molecule has 0 bridgehead atoms. The molecule has 86 valence electrons. The predicted octanol–water partition coefficient (Wildman–Crippen LogP) is 2.50. The molecule has 0 radical (unpaired) electrons. The Morgan fingerprint density at radius 2 is 2.00 bits per heavy atom. The van der Waals surface area contributed by atoms with Crippen LogP contribution in [0.1, 0.15) is 19.3 Å². The number of allylic oxidation sites excluding steroid dienone is 1. The van der Waals surface area contributed by atoms with Gasteiger partial charge in [-0.15, -0.1) is 0 Å². The van der Waals surface area contributed by atoms with Gasteiger partial charge in [-0.25, -0.2) is 0 Å². The van der Waals surface area contributed by atoms with Gasteiger partial charge in [-0.1, -0.05) is 12.1 Å². The smallest absolute Gasteiger partial charge is 0.168 e. The number of benzene rings is 1. The first-order valence-electron chi connectivity index (χ1n) is 5.60. The van der Waals surface area contributed by atoms with Crippen molar-refractivity contribution in [2.75, 3.05) is 13.2 Å². The summed E-state index contributed by atoms with van der Waals surface area (Å²) in [4.78, 5) is 0. The number of hydrogen-bond donors (Lipinski definition) is 1. The number of hydrogen-bond acceptors (Lipinski definition) is 3. The molecule has 1 aliphatic heterocycles. The third kappa shape index (κ3) is 2.76. The summed E-state index contributed by atoms with van der Waals surface area (Å²) in [7, 11) is 0. The number of unbranched alkanes of at least 4 members (excludes halogenated alkanes) is 2. The zero-order valence-electron chi connectivity index (χ0n) is 9.19. The molecule has 0 saturated carbocycles. The zero-order valence-corrected chi connectivity index (χ0v) is 9.19. The molecule has 0 amide bonds. The number of ether oxygens (including phenoxy) is 2. The van der Waals surface area contributed by atoms with Crippen LogP contribution in [0.3, 0.4) is 0 Å². The molecule has 0 aromatic heterocycles. The molecule has 0 spiro atoms. The Balaban J connectivity index is 1.92. The van der Waals surface area contributed by atoms with Gasteiger partial charge in [0.05, 0.1) is 0 Å². The van der Waals surface area contributed by atoms with Crippen LogP contribution in [0.5, 0.6) is 11.5 Å². The monoisotopic (exact) mass is 220 g/mol. The maximum atomic E-state index is 8.66. The van der Waals surface area contributed by atoms with Crippen LogP contribution in [-0.2, 0) is 0 Å². The molecule has 3 nitrogen and oxygen atoms in total. The third-order valence-electron chi connectivity index (χ3n) is 2.44. The van der Waals surface area contributed by atoms with Crippen LogP contribution in [0.4, 0.5) is 0 Å². The molecule has 1 N–H and O–H groups in total. The first-order chi connectivity index (χ1) is 7.90. The molecule has 0 aliphatic carbocycles. The molecule has 0 saturated heterocycles. The molecule has 1 aromatic rings.